The summed E-state index contributed by atoms with van der Waals surface area (Å²) in [4.78, 5) is 5.28. The van der Waals surface area contributed by atoms with Gasteiger partial charge in [0.25, 0.3) is 0 Å². The van der Waals surface area contributed by atoms with Crippen molar-refractivity contribution in [2.75, 3.05) is 46.4 Å². The topological polar surface area (TPSA) is 24.9 Å². The van der Waals surface area contributed by atoms with Gasteiger partial charge < -0.3 is 14.4 Å². The summed E-state index contributed by atoms with van der Waals surface area (Å²) in [7, 11) is 1.81. The van der Waals surface area contributed by atoms with Gasteiger partial charge in [0.15, 0.2) is 0 Å². The van der Waals surface area contributed by atoms with Crippen LogP contribution in [-0.4, -0.2) is 62.3 Å². The van der Waals surface area contributed by atoms with Crippen LogP contribution in [0.1, 0.15) is 50.5 Å². The molecule has 1 spiro atoms. The second kappa shape index (κ2) is 8.93. The average molecular weight is 373 g/mol. The molecule has 0 radical (unpaired) electrons. The number of piperidine rings is 1. The summed E-state index contributed by atoms with van der Waals surface area (Å²) >= 11 is 0. The Hall–Kier alpha value is -1.10. The summed E-state index contributed by atoms with van der Waals surface area (Å²) in [5, 5.41) is 0. The minimum absolute atomic E-state index is 0.440. The van der Waals surface area contributed by atoms with Crippen molar-refractivity contribution in [3.8, 4) is 5.75 Å². The minimum atomic E-state index is 0.440. The first-order valence-corrected chi connectivity index (χ1v) is 10.9. The average Bonchev–Trinajstić information content (AvgIpc) is 3.31. The van der Waals surface area contributed by atoms with Gasteiger partial charge in [-0.2, -0.15) is 0 Å². The van der Waals surface area contributed by atoms with E-state index < -0.39 is 0 Å². The van der Waals surface area contributed by atoms with Gasteiger partial charge in [-0.05, 0) is 81.1 Å². The number of benzene rings is 1. The van der Waals surface area contributed by atoms with Crippen LogP contribution in [0.15, 0.2) is 24.3 Å². The van der Waals surface area contributed by atoms with Crippen LogP contribution in [0.4, 0.5) is 0 Å². The van der Waals surface area contributed by atoms with Crippen molar-refractivity contribution >= 4 is 0 Å². The predicted molar refractivity (Wildman–Crippen MR) is 109 cm³/mol. The van der Waals surface area contributed by atoms with Crippen LogP contribution >= 0.6 is 0 Å². The van der Waals surface area contributed by atoms with Crippen molar-refractivity contribution in [2.24, 2.45) is 5.41 Å². The van der Waals surface area contributed by atoms with E-state index in [-0.39, 0.29) is 0 Å². The Bertz CT molecular complexity index is 602. The van der Waals surface area contributed by atoms with Gasteiger partial charge in [-0.1, -0.05) is 12.1 Å². The smallest absolute Gasteiger partial charge is 0.120 e. The number of hydrogen-bond acceptors (Lipinski definition) is 4. The Kier molecular flexibility index (Phi) is 6.36. The lowest BCUT2D eigenvalue weighted by molar-refractivity contribution is 0.0673. The third-order valence-electron chi connectivity index (χ3n) is 6.78. The second-order valence-electron chi connectivity index (χ2n) is 9.00. The molecule has 2 heterocycles. The molecule has 4 nitrogen and oxygen atoms in total. The zero-order valence-corrected chi connectivity index (χ0v) is 17.0. The Morgan fingerprint density at radius 3 is 2.74 bits per heavy atom. The van der Waals surface area contributed by atoms with E-state index >= 15 is 0 Å². The van der Waals surface area contributed by atoms with E-state index in [1.54, 1.807) is 0 Å². The molecule has 1 unspecified atom stereocenters. The van der Waals surface area contributed by atoms with Crippen LogP contribution in [0.5, 0.6) is 5.75 Å². The maximum Gasteiger partial charge on any atom is 0.120 e. The van der Waals surface area contributed by atoms with E-state index in [1.807, 2.05) is 7.11 Å². The SMILES string of the molecule is COCCN1CCCC2(CCN(Cc3cccc(OC4CCCC4)c3)C2)C1. The fourth-order valence-corrected chi connectivity index (χ4v) is 5.39. The van der Waals surface area contributed by atoms with Crippen LogP contribution in [-0.2, 0) is 11.3 Å². The quantitative estimate of drug-likeness (QED) is 0.724. The van der Waals surface area contributed by atoms with Crippen molar-refractivity contribution in [1.29, 1.82) is 0 Å². The summed E-state index contributed by atoms with van der Waals surface area (Å²) < 4.78 is 11.5. The molecule has 0 aromatic heterocycles. The standard InChI is InChI=1S/C23H36N2O2/c1-26-15-14-24-12-5-10-23(18-24)11-13-25(19-23)17-20-6-4-9-22(16-20)27-21-7-2-3-8-21/h4,6,9,16,21H,2-3,5,7-8,10-15,17-19H2,1H3. The van der Waals surface area contributed by atoms with E-state index in [0.29, 0.717) is 11.5 Å². The lowest BCUT2D eigenvalue weighted by atomic mass is 9.79. The zero-order chi connectivity index (χ0) is 18.5. The summed E-state index contributed by atoms with van der Waals surface area (Å²) in [6, 6.07) is 8.83. The number of rotatable bonds is 7. The molecule has 0 amide bonds. The first-order chi connectivity index (χ1) is 13.2. The first-order valence-electron chi connectivity index (χ1n) is 10.9. The Balaban J connectivity index is 1.31. The summed E-state index contributed by atoms with van der Waals surface area (Å²) in [5.74, 6) is 1.07. The molecule has 1 atom stereocenters. The third-order valence-corrected chi connectivity index (χ3v) is 6.78. The highest BCUT2D eigenvalue weighted by molar-refractivity contribution is 5.29. The molecule has 3 fully saturated rings. The van der Waals surface area contributed by atoms with E-state index in [4.69, 9.17) is 9.47 Å². The number of hydrogen-bond donors (Lipinski definition) is 0. The van der Waals surface area contributed by atoms with Crippen molar-refractivity contribution < 1.29 is 9.47 Å². The second-order valence-corrected chi connectivity index (χ2v) is 9.00. The maximum atomic E-state index is 6.20. The first kappa shape index (κ1) is 19.2. The molecule has 0 N–H and O–H groups in total. The number of likely N-dealkylation sites (tertiary alicyclic amines) is 2. The van der Waals surface area contributed by atoms with Gasteiger partial charge in [0.05, 0.1) is 12.7 Å². The van der Waals surface area contributed by atoms with Crippen molar-refractivity contribution in [3.05, 3.63) is 29.8 Å². The van der Waals surface area contributed by atoms with Gasteiger partial charge in [0.1, 0.15) is 5.75 Å². The van der Waals surface area contributed by atoms with Crippen molar-refractivity contribution in [3.63, 3.8) is 0 Å². The molecule has 2 saturated heterocycles. The molecular formula is C23H36N2O2. The molecule has 1 saturated carbocycles. The van der Waals surface area contributed by atoms with Crippen LogP contribution in [0.3, 0.4) is 0 Å². The lowest BCUT2D eigenvalue weighted by Gasteiger charge is -2.40. The molecule has 2 aliphatic heterocycles. The summed E-state index contributed by atoms with van der Waals surface area (Å²) in [6.45, 7) is 7.95. The van der Waals surface area contributed by atoms with Gasteiger partial charge in [-0.15, -0.1) is 0 Å². The molecule has 150 valence electrons. The van der Waals surface area contributed by atoms with Gasteiger partial charge in [-0.3, -0.25) is 4.90 Å². The fourth-order valence-electron chi connectivity index (χ4n) is 5.39. The van der Waals surface area contributed by atoms with Crippen LogP contribution < -0.4 is 4.74 Å². The van der Waals surface area contributed by atoms with Gasteiger partial charge in [0, 0.05) is 33.3 Å². The number of ether oxygens (including phenoxy) is 2. The fraction of sp³-hybridized carbons (Fsp3) is 0.739. The molecule has 1 aromatic carbocycles. The normalized spacial score (nSPS) is 27.6. The van der Waals surface area contributed by atoms with Gasteiger partial charge in [-0.25, -0.2) is 0 Å². The maximum absolute atomic E-state index is 6.20. The Morgan fingerprint density at radius 1 is 1.04 bits per heavy atom. The van der Waals surface area contributed by atoms with Crippen LogP contribution in [0.2, 0.25) is 0 Å². The highest BCUT2D eigenvalue weighted by Gasteiger charge is 2.41. The lowest BCUT2D eigenvalue weighted by Crippen LogP contribution is -2.45. The molecular weight excluding hydrogens is 336 g/mol. The minimum Gasteiger partial charge on any atom is -0.490 e. The molecule has 1 aromatic rings. The van der Waals surface area contributed by atoms with Crippen molar-refractivity contribution in [2.45, 2.75) is 57.6 Å². The van der Waals surface area contributed by atoms with Crippen LogP contribution in [0.25, 0.3) is 0 Å². The summed E-state index contributed by atoms with van der Waals surface area (Å²) in [5.41, 5.74) is 1.90. The molecule has 27 heavy (non-hydrogen) atoms. The predicted octanol–water partition coefficient (Wildman–Crippen LogP) is 3.94. The zero-order valence-electron chi connectivity index (χ0n) is 17.0. The highest BCUT2D eigenvalue weighted by Crippen LogP contribution is 2.39. The Labute approximate surface area is 164 Å². The van der Waals surface area contributed by atoms with E-state index in [1.165, 1.54) is 76.7 Å². The molecule has 4 heteroatoms. The monoisotopic (exact) mass is 372 g/mol. The molecule has 1 aliphatic carbocycles. The number of methoxy groups -OCH3 is 1. The highest BCUT2D eigenvalue weighted by atomic mass is 16.5. The molecule has 4 rings (SSSR count). The van der Waals surface area contributed by atoms with Gasteiger partial charge in [0.2, 0.25) is 0 Å². The van der Waals surface area contributed by atoms with E-state index in [2.05, 4.69) is 34.1 Å². The molecule has 0 bridgehead atoms. The van der Waals surface area contributed by atoms with E-state index in [9.17, 15) is 0 Å². The summed E-state index contributed by atoms with van der Waals surface area (Å²) in [6.07, 6.45) is 9.59. The van der Waals surface area contributed by atoms with Gasteiger partial charge >= 0.3 is 0 Å². The van der Waals surface area contributed by atoms with Crippen molar-refractivity contribution in [1.82, 2.24) is 9.80 Å². The third kappa shape index (κ3) is 5.04. The van der Waals surface area contributed by atoms with Crippen LogP contribution in [0, 0.1) is 5.41 Å². The van der Waals surface area contributed by atoms with E-state index in [0.717, 1.165) is 25.4 Å². The Morgan fingerprint density at radius 2 is 1.89 bits per heavy atom. The largest absolute Gasteiger partial charge is 0.490 e. The molecule has 3 aliphatic rings. The number of nitrogens with zero attached hydrogens (tertiary/aromatic N) is 2.